The molecule has 2 atom stereocenters. The smallest absolute Gasteiger partial charge is 0.135 e. The summed E-state index contributed by atoms with van der Waals surface area (Å²) in [7, 11) is 0. The molecule has 0 aliphatic heterocycles. The van der Waals surface area contributed by atoms with Crippen LogP contribution in [0.4, 0.5) is 0 Å². The van der Waals surface area contributed by atoms with Crippen LogP contribution in [-0.2, 0) is 4.79 Å². The summed E-state index contributed by atoms with van der Waals surface area (Å²) < 4.78 is 1.99. The van der Waals surface area contributed by atoms with E-state index >= 15 is 0 Å². The van der Waals surface area contributed by atoms with E-state index in [0.717, 1.165) is 19.3 Å². The van der Waals surface area contributed by atoms with Crippen LogP contribution in [0.15, 0.2) is 12.4 Å². The van der Waals surface area contributed by atoms with E-state index in [-0.39, 0.29) is 0 Å². The van der Waals surface area contributed by atoms with Crippen LogP contribution < -0.4 is 0 Å². The second-order valence-electron chi connectivity index (χ2n) is 4.51. The Morgan fingerprint density at radius 2 is 2.40 bits per heavy atom. The van der Waals surface area contributed by atoms with E-state index in [9.17, 15) is 4.79 Å². The van der Waals surface area contributed by atoms with Crippen molar-refractivity contribution in [2.45, 2.75) is 45.6 Å². The van der Waals surface area contributed by atoms with Crippen molar-refractivity contribution < 1.29 is 4.79 Å². The normalized spacial score (nSPS) is 26.9. The molecule has 0 aromatic carbocycles. The molecule has 0 N–H and O–H groups in total. The third-order valence-corrected chi connectivity index (χ3v) is 3.37. The first-order chi connectivity index (χ1) is 7.20. The number of carbonyl (C=O) groups is 1. The lowest BCUT2D eigenvalue weighted by molar-refractivity contribution is -0.122. The molecule has 0 saturated heterocycles. The molecule has 1 aromatic rings. The van der Waals surface area contributed by atoms with Crippen molar-refractivity contribution in [2.75, 3.05) is 0 Å². The van der Waals surface area contributed by atoms with Gasteiger partial charge in [-0.15, -0.1) is 0 Å². The maximum absolute atomic E-state index is 11.5. The molecular formula is C12H18N2O. The number of carbonyl (C=O) groups excluding carboxylic acids is 1. The van der Waals surface area contributed by atoms with Gasteiger partial charge in [0.25, 0.3) is 0 Å². The maximum atomic E-state index is 11.5. The van der Waals surface area contributed by atoms with Crippen molar-refractivity contribution in [1.82, 2.24) is 9.78 Å². The largest absolute Gasteiger partial charge is 0.300 e. The van der Waals surface area contributed by atoms with Gasteiger partial charge in [-0.3, -0.25) is 9.48 Å². The Morgan fingerprint density at radius 3 is 3.00 bits per heavy atom. The zero-order chi connectivity index (χ0) is 10.8. The highest BCUT2D eigenvalue weighted by atomic mass is 16.1. The van der Waals surface area contributed by atoms with Gasteiger partial charge in [-0.1, -0.05) is 13.3 Å². The van der Waals surface area contributed by atoms with Crippen molar-refractivity contribution >= 4 is 5.78 Å². The Balaban J connectivity index is 2.20. The van der Waals surface area contributed by atoms with Crippen molar-refractivity contribution in [3.63, 3.8) is 0 Å². The number of nitrogens with zero attached hydrogens (tertiary/aromatic N) is 2. The first kappa shape index (κ1) is 10.4. The van der Waals surface area contributed by atoms with Gasteiger partial charge in [0.2, 0.25) is 0 Å². The van der Waals surface area contributed by atoms with Gasteiger partial charge >= 0.3 is 0 Å². The van der Waals surface area contributed by atoms with E-state index < -0.39 is 0 Å². The average molecular weight is 206 g/mol. The molecule has 1 saturated carbocycles. The van der Waals surface area contributed by atoms with E-state index in [1.807, 2.05) is 24.0 Å². The van der Waals surface area contributed by atoms with E-state index in [4.69, 9.17) is 0 Å². The lowest BCUT2D eigenvalue weighted by Gasteiger charge is -2.30. The molecule has 1 aliphatic rings. The second kappa shape index (κ2) is 4.17. The van der Waals surface area contributed by atoms with Gasteiger partial charge in [0.1, 0.15) is 5.78 Å². The summed E-state index contributed by atoms with van der Waals surface area (Å²) >= 11 is 0. The number of aromatic nitrogens is 2. The lowest BCUT2D eigenvalue weighted by Crippen LogP contribution is -2.27. The molecule has 1 heterocycles. The molecule has 2 rings (SSSR count). The summed E-state index contributed by atoms with van der Waals surface area (Å²) in [5.74, 6) is 1.000. The minimum Gasteiger partial charge on any atom is -0.300 e. The molecule has 0 amide bonds. The fraction of sp³-hybridized carbons (Fsp3) is 0.667. The number of hydrogen-bond acceptors (Lipinski definition) is 2. The van der Waals surface area contributed by atoms with Crippen LogP contribution in [0.2, 0.25) is 0 Å². The Hall–Kier alpha value is -1.12. The minimum atomic E-state index is 0.296. The fourth-order valence-electron chi connectivity index (χ4n) is 2.44. The highest BCUT2D eigenvalue weighted by Gasteiger charge is 2.29. The molecule has 1 aliphatic carbocycles. The summed E-state index contributed by atoms with van der Waals surface area (Å²) in [6.45, 7) is 4.24. The highest BCUT2D eigenvalue weighted by molar-refractivity contribution is 5.79. The number of ketones is 1. The molecule has 0 radical (unpaired) electrons. The van der Waals surface area contributed by atoms with E-state index in [1.54, 1.807) is 0 Å². The van der Waals surface area contributed by atoms with Crippen molar-refractivity contribution in [2.24, 2.45) is 5.92 Å². The Morgan fingerprint density at radius 1 is 1.60 bits per heavy atom. The molecular weight excluding hydrogens is 188 g/mol. The van der Waals surface area contributed by atoms with E-state index in [2.05, 4.69) is 12.0 Å². The maximum Gasteiger partial charge on any atom is 0.135 e. The monoisotopic (exact) mass is 206 g/mol. The molecule has 1 aromatic heterocycles. The lowest BCUT2D eigenvalue weighted by atomic mass is 9.82. The summed E-state index contributed by atoms with van der Waals surface area (Å²) in [5.41, 5.74) is 1.17. The summed E-state index contributed by atoms with van der Waals surface area (Å²) in [4.78, 5) is 11.5. The van der Waals surface area contributed by atoms with Gasteiger partial charge in [-0.25, -0.2) is 0 Å². The third-order valence-electron chi connectivity index (χ3n) is 3.37. The van der Waals surface area contributed by atoms with Gasteiger partial charge in [0, 0.05) is 19.0 Å². The van der Waals surface area contributed by atoms with Gasteiger partial charge in [0.15, 0.2) is 0 Å². The van der Waals surface area contributed by atoms with Crippen LogP contribution in [0.5, 0.6) is 0 Å². The molecule has 82 valence electrons. The zero-order valence-electron chi connectivity index (χ0n) is 9.44. The number of hydrogen-bond donors (Lipinski definition) is 0. The van der Waals surface area contributed by atoms with Gasteiger partial charge in [-0.2, -0.15) is 5.10 Å². The molecule has 1 fully saturated rings. The fourth-order valence-corrected chi connectivity index (χ4v) is 2.44. The van der Waals surface area contributed by atoms with Crippen LogP contribution in [0.3, 0.4) is 0 Å². The number of aryl methyl sites for hydroxylation is 1. The Kier molecular flexibility index (Phi) is 2.89. The van der Waals surface area contributed by atoms with Gasteiger partial charge in [-0.05, 0) is 24.8 Å². The van der Waals surface area contributed by atoms with Crippen molar-refractivity contribution in [3.8, 4) is 0 Å². The number of rotatable bonds is 2. The predicted molar refractivity (Wildman–Crippen MR) is 58.6 cm³/mol. The topological polar surface area (TPSA) is 34.9 Å². The molecule has 3 heteroatoms. The average Bonchev–Trinajstić information content (AvgIpc) is 2.65. The Bertz CT molecular complexity index is 356. The number of Topliss-reactive ketones (excluding diaryl/α,β-unsaturated/α-hetero) is 1. The predicted octanol–water partition coefficient (Wildman–Crippen LogP) is 2.51. The summed E-state index contributed by atoms with van der Waals surface area (Å²) in [5, 5.41) is 4.34. The van der Waals surface area contributed by atoms with Crippen molar-refractivity contribution in [1.29, 1.82) is 0 Å². The van der Waals surface area contributed by atoms with E-state index in [1.165, 1.54) is 5.56 Å². The van der Waals surface area contributed by atoms with Crippen LogP contribution in [0.25, 0.3) is 0 Å². The molecule has 2 unspecified atom stereocenters. The zero-order valence-corrected chi connectivity index (χ0v) is 9.44. The van der Waals surface area contributed by atoms with Crippen LogP contribution >= 0.6 is 0 Å². The molecule has 15 heavy (non-hydrogen) atoms. The van der Waals surface area contributed by atoms with Gasteiger partial charge in [0.05, 0.1) is 12.2 Å². The van der Waals surface area contributed by atoms with Crippen LogP contribution in [-0.4, -0.2) is 15.6 Å². The van der Waals surface area contributed by atoms with Gasteiger partial charge < -0.3 is 0 Å². The Labute approximate surface area is 90.5 Å². The molecule has 3 nitrogen and oxygen atoms in total. The van der Waals surface area contributed by atoms with Crippen LogP contribution in [0, 0.1) is 12.8 Å². The van der Waals surface area contributed by atoms with Crippen LogP contribution in [0.1, 0.15) is 44.2 Å². The molecule has 0 spiro atoms. The standard InChI is InChI=1S/C12H18N2O/c1-3-10-4-5-11(15)6-12(10)14-8-9(2)7-13-14/h7-8,10,12H,3-6H2,1-2H3. The third kappa shape index (κ3) is 2.11. The summed E-state index contributed by atoms with van der Waals surface area (Å²) in [6.07, 6.45) is 7.50. The molecule has 0 bridgehead atoms. The first-order valence-electron chi connectivity index (χ1n) is 5.73. The van der Waals surface area contributed by atoms with Crippen molar-refractivity contribution in [3.05, 3.63) is 18.0 Å². The quantitative estimate of drug-likeness (QED) is 0.745. The SMILES string of the molecule is CCC1CCC(=O)CC1n1cc(C)cn1. The minimum absolute atomic E-state index is 0.296. The first-order valence-corrected chi connectivity index (χ1v) is 5.73. The van der Waals surface area contributed by atoms with E-state index in [0.29, 0.717) is 24.2 Å². The summed E-state index contributed by atoms with van der Waals surface area (Å²) in [6, 6.07) is 0.296. The highest BCUT2D eigenvalue weighted by Crippen LogP contribution is 2.33. The second-order valence-corrected chi connectivity index (χ2v) is 4.51.